The number of alkyl halides is 1. The van der Waals surface area contributed by atoms with Crippen LogP contribution in [0.5, 0.6) is 0 Å². The molecule has 106 valence electrons. The SMILES string of the molecule is O=C(CCCCl)NC(c1ccc(F)cc1)c1cccs1. The number of hydrogen-bond acceptors (Lipinski definition) is 2. The van der Waals surface area contributed by atoms with Crippen LogP contribution in [-0.2, 0) is 4.79 Å². The van der Waals surface area contributed by atoms with Gasteiger partial charge in [-0.15, -0.1) is 22.9 Å². The number of nitrogens with one attached hydrogen (secondary N) is 1. The Hall–Kier alpha value is -1.39. The number of hydrogen-bond donors (Lipinski definition) is 1. The van der Waals surface area contributed by atoms with Gasteiger partial charge >= 0.3 is 0 Å². The molecule has 0 spiro atoms. The third-order valence-corrected chi connectivity index (χ3v) is 4.08. The van der Waals surface area contributed by atoms with Crippen LogP contribution in [0.3, 0.4) is 0 Å². The molecule has 0 saturated carbocycles. The molecule has 1 atom stereocenters. The maximum absolute atomic E-state index is 13.0. The van der Waals surface area contributed by atoms with Gasteiger partial charge in [0.15, 0.2) is 0 Å². The summed E-state index contributed by atoms with van der Waals surface area (Å²) >= 11 is 7.16. The third kappa shape index (κ3) is 4.05. The Morgan fingerprint density at radius 3 is 2.65 bits per heavy atom. The first-order valence-corrected chi connectivity index (χ1v) is 7.76. The van der Waals surface area contributed by atoms with Crippen molar-refractivity contribution < 1.29 is 9.18 Å². The molecule has 5 heteroatoms. The lowest BCUT2D eigenvalue weighted by Crippen LogP contribution is -2.28. The third-order valence-electron chi connectivity index (χ3n) is 2.87. The minimum Gasteiger partial charge on any atom is -0.344 e. The van der Waals surface area contributed by atoms with Gasteiger partial charge in [-0.1, -0.05) is 18.2 Å². The highest BCUT2D eigenvalue weighted by Crippen LogP contribution is 2.26. The fourth-order valence-corrected chi connectivity index (χ4v) is 2.83. The molecule has 1 amide bonds. The fourth-order valence-electron chi connectivity index (χ4n) is 1.89. The van der Waals surface area contributed by atoms with E-state index in [1.165, 1.54) is 12.1 Å². The molecule has 2 nitrogen and oxygen atoms in total. The molecule has 0 fully saturated rings. The van der Waals surface area contributed by atoms with Crippen LogP contribution in [0.25, 0.3) is 0 Å². The van der Waals surface area contributed by atoms with E-state index in [4.69, 9.17) is 11.6 Å². The van der Waals surface area contributed by atoms with Crippen molar-refractivity contribution >= 4 is 28.8 Å². The van der Waals surface area contributed by atoms with E-state index in [1.54, 1.807) is 23.5 Å². The molecule has 1 aromatic carbocycles. The Bertz CT molecular complexity index is 542. The van der Waals surface area contributed by atoms with Crippen molar-refractivity contribution in [3.63, 3.8) is 0 Å². The predicted molar refractivity (Wildman–Crippen MR) is 80.7 cm³/mol. The van der Waals surface area contributed by atoms with Gasteiger partial charge in [-0.3, -0.25) is 4.79 Å². The van der Waals surface area contributed by atoms with Crippen LogP contribution in [0.4, 0.5) is 4.39 Å². The van der Waals surface area contributed by atoms with Gasteiger partial charge in [0.1, 0.15) is 5.82 Å². The van der Waals surface area contributed by atoms with Gasteiger partial charge in [0.05, 0.1) is 6.04 Å². The van der Waals surface area contributed by atoms with E-state index >= 15 is 0 Å². The van der Waals surface area contributed by atoms with Gasteiger partial charge < -0.3 is 5.32 Å². The first-order valence-electron chi connectivity index (χ1n) is 6.35. The van der Waals surface area contributed by atoms with Crippen molar-refractivity contribution in [2.75, 3.05) is 5.88 Å². The zero-order chi connectivity index (χ0) is 14.4. The summed E-state index contributed by atoms with van der Waals surface area (Å²) in [6.07, 6.45) is 1.04. The maximum atomic E-state index is 13.0. The first kappa shape index (κ1) is 15.0. The van der Waals surface area contributed by atoms with Gasteiger partial charge in [-0.2, -0.15) is 0 Å². The standard InChI is InChI=1S/C15H15ClFNOS/c16-9-1-4-14(19)18-15(13-3-2-10-20-13)11-5-7-12(17)8-6-11/h2-3,5-8,10,15H,1,4,9H2,(H,18,19). The van der Waals surface area contributed by atoms with Gasteiger partial charge in [-0.25, -0.2) is 4.39 Å². The average molecular weight is 312 g/mol. The van der Waals surface area contributed by atoms with Crippen LogP contribution in [0.2, 0.25) is 0 Å². The lowest BCUT2D eigenvalue weighted by molar-refractivity contribution is -0.121. The summed E-state index contributed by atoms with van der Waals surface area (Å²) < 4.78 is 13.0. The molecule has 1 heterocycles. The maximum Gasteiger partial charge on any atom is 0.220 e. The van der Waals surface area contributed by atoms with Crippen LogP contribution in [0.15, 0.2) is 41.8 Å². The Kier molecular flexibility index (Phi) is 5.56. The smallest absolute Gasteiger partial charge is 0.220 e. The Morgan fingerprint density at radius 2 is 2.05 bits per heavy atom. The second-order valence-electron chi connectivity index (χ2n) is 4.36. The molecular weight excluding hydrogens is 297 g/mol. The van der Waals surface area contributed by atoms with Crippen molar-refractivity contribution in [3.8, 4) is 0 Å². The summed E-state index contributed by atoms with van der Waals surface area (Å²) in [6, 6.07) is 9.85. The van der Waals surface area contributed by atoms with Crippen LogP contribution in [0.1, 0.15) is 29.3 Å². The number of amides is 1. The topological polar surface area (TPSA) is 29.1 Å². The van der Waals surface area contributed by atoms with Gasteiger partial charge in [-0.05, 0) is 35.6 Å². The van der Waals surface area contributed by atoms with E-state index in [0.717, 1.165) is 10.4 Å². The number of halogens is 2. The second kappa shape index (κ2) is 7.41. The van der Waals surface area contributed by atoms with Crippen molar-refractivity contribution in [2.45, 2.75) is 18.9 Å². The number of rotatable bonds is 6. The molecule has 1 N–H and O–H groups in total. The molecule has 0 aliphatic rings. The monoisotopic (exact) mass is 311 g/mol. The van der Waals surface area contributed by atoms with E-state index in [0.29, 0.717) is 18.7 Å². The normalized spacial score (nSPS) is 12.1. The van der Waals surface area contributed by atoms with Crippen molar-refractivity contribution in [1.29, 1.82) is 0 Å². The number of carbonyl (C=O) groups is 1. The Morgan fingerprint density at radius 1 is 1.30 bits per heavy atom. The molecule has 0 radical (unpaired) electrons. The highest BCUT2D eigenvalue weighted by atomic mass is 35.5. The Balaban J connectivity index is 2.17. The predicted octanol–water partition coefficient (Wildman–Crippen LogP) is 4.11. The zero-order valence-electron chi connectivity index (χ0n) is 10.8. The Labute approximate surface area is 126 Å². The summed E-state index contributed by atoms with van der Waals surface area (Å²) in [4.78, 5) is 12.9. The molecular formula is C15H15ClFNOS. The molecule has 0 aliphatic heterocycles. The summed E-state index contributed by atoms with van der Waals surface area (Å²) in [5.74, 6) is 0.133. The fraction of sp³-hybridized carbons (Fsp3) is 0.267. The summed E-state index contributed by atoms with van der Waals surface area (Å²) in [5.41, 5.74) is 0.869. The number of carbonyl (C=O) groups excluding carboxylic acids is 1. The van der Waals surface area contributed by atoms with Crippen molar-refractivity contribution in [1.82, 2.24) is 5.32 Å². The number of thiophene rings is 1. The molecule has 1 unspecified atom stereocenters. The average Bonchev–Trinajstić information content (AvgIpc) is 2.97. The zero-order valence-corrected chi connectivity index (χ0v) is 12.4. The van der Waals surface area contributed by atoms with E-state index in [2.05, 4.69) is 5.32 Å². The van der Waals surface area contributed by atoms with E-state index in [-0.39, 0.29) is 17.8 Å². The minimum absolute atomic E-state index is 0.0478. The van der Waals surface area contributed by atoms with E-state index in [1.807, 2.05) is 17.5 Å². The van der Waals surface area contributed by atoms with Gasteiger partial charge in [0.2, 0.25) is 5.91 Å². The molecule has 2 aromatic rings. The van der Waals surface area contributed by atoms with E-state index < -0.39 is 0 Å². The largest absolute Gasteiger partial charge is 0.344 e. The molecule has 0 aliphatic carbocycles. The molecule has 20 heavy (non-hydrogen) atoms. The van der Waals surface area contributed by atoms with Crippen LogP contribution < -0.4 is 5.32 Å². The van der Waals surface area contributed by atoms with Crippen LogP contribution >= 0.6 is 22.9 Å². The van der Waals surface area contributed by atoms with Crippen LogP contribution in [-0.4, -0.2) is 11.8 Å². The quantitative estimate of drug-likeness (QED) is 0.799. The first-order chi connectivity index (χ1) is 9.70. The molecule has 1 aromatic heterocycles. The lowest BCUT2D eigenvalue weighted by atomic mass is 10.0. The van der Waals surface area contributed by atoms with Crippen LogP contribution in [0, 0.1) is 5.82 Å². The second-order valence-corrected chi connectivity index (χ2v) is 5.72. The van der Waals surface area contributed by atoms with Gasteiger partial charge in [0, 0.05) is 17.2 Å². The minimum atomic E-state index is -0.285. The summed E-state index contributed by atoms with van der Waals surface area (Å²) in [5, 5.41) is 4.94. The summed E-state index contributed by atoms with van der Waals surface area (Å²) in [7, 11) is 0. The van der Waals surface area contributed by atoms with Crippen molar-refractivity contribution in [2.24, 2.45) is 0 Å². The molecule has 2 rings (SSSR count). The highest BCUT2D eigenvalue weighted by Gasteiger charge is 2.17. The summed E-state index contributed by atoms with van der Waals surface area (Å²) in [6.45, 7) is 0. The molecule has 0 saturated heterocycles. The lowest BCUT2D eigenvalue weighted by Gasteiger charge is -2.18. The highest BCUT2D eigenvalue weighted by molar-refractivity contribution is 7.10. The van der Waals surface area contributed by atoms with Crippen molar-refractivity contribution in [3.05, 3.63) is 58.0 Å². The molecule has 0 bridgehead atoms. The number of benzene rings is 1. The van der Waals surface area contributed by atoms with Gasteiger partial charge in [0.25, 0.3) is 0 Å². The van der Waals surface area contributed by atoms with E-state index in [9.17, 15) is 9.18 Å².